The van der Waals surface area contributed by atoms with Crippen LogP contribution in [0.25, 0.3) is 11.4 Å². The molecule has 0 radical (unpaired) electrons. The van der Waals surface area contributed by atoms with Crippen LogP contribution in [-0.4, -0.2) is 17.3 Å². The molecule has 0 saturated heterocycles. The molecule has 102 valence electrons. The van der Waals surface area contributed by atoms with Crippen molar-refractivity contribution < 1.29 is 13.7 Å². The predicted molar refractivity (Wildman–Crippen MR) is 68.3 cm³/mol. The van der Waals surface area contributed by atoms with Gasteiger partial charge in [0.15, 0.2) is 0 Å². The maximum absolute atomic E-state index is 13.9. The highest BCUT2D eigenvalue weighted by atomic mass is 19.1. The molecule has 5 nitrogen and oxygen atoms in total. The number of aromatic nitrogens is 2. The second-order valence-electron chi connectivity index (χ2n) is 4.11. The van der Waals surface area contributed by atoms with Crippen LogP contribution in [0.15, 0.2) is 10.6 Å². The molecule has 0 unspecified atom stereocenters. The van der Waals surface area contributed by atoms with E-state index in [0.717, 1.165) is 5.56 Å². The summed E-state index contributed by atoms with van der Waals surface area (Å²) in [6.07, 6.45) is 0.673. The number of methoxy groups -OCH3 is 1. The third kappa shape index (κ3) is 2.31. The molecule has 0 bridgehead atoms. The summed E-state index contributed by atoms with van der Waals surface area (Å²) >= 11 is 0. The first-order valence-electron chi connectivity index (χ1n) is 6.01. The van der Waals surface area contributed by atoms with Crippen molar-refractivity contribution in [2.45, 2.75) is 26.8 Å². The summed E-state index contributed by atoms with van der Waals surface area (Å²) in [4.78, 5) is 4.13. The number of nitrogens with zero attached hydrogens (tertiary/aromatic N) is 2. The minimum atomic E-state index is -0.358. The highest BCUT2D eigenvalue weighted by molar-refractivity contribution is 5.66. The molecule has 0 amide bonds. The Morgan fingerprint density at radius 3 is 2.74 bits per heavy atom. The minimum Gasteiger partial charge on any atom is -0.496 e. The molecule has 0 saturated carbocycles. The van der Waals surface area contributed by atoms with Crippen LogP contribution in [0.1, 0.15) is 23.9 Å². The van der Waals surface area contributed by atoms with Crippen LogP contribution in [0, 0.1) is 12.7 Å². The molecule has 1 heterocycles. The number of hydrogen-bond donors (Lipinski definition) is 1. The lowest BCUT2D eigenvalue weighted by Crippen LogP contribution is -2.01. The van der Waals surface area contributed by atoms with E-state index in [1.54, 1.807) is 6.92 Å². The SMILES string of the molecule is CCc1c(-c2noc(CN)n2)cc(F)c(C)c1OC. The van der Waals surface area contributed by atoms with Crippen LogP contribution < -0.4 is 10.5 Å². The van der Waals surface area contributed by atoms with Gasteiger partial charge in [-0.2, -0.15) is 4.98 Å². The molecule has 19 heavy (non-hydrogen) atoms. The van der Waals surface area contributed by atoms with Gasteiger partial charge in [-0.3, -0.25) is 0 Å². The van der Waals surface area contributed by atoms with Gasteiger partial charge in [0.1, 0.15) is 11.6 Å². The van der Waals surface area contributed by atoms with Crippen molar-refractivity contribution in [3.05, 3.63) is 28.9 Å². The second-order valence-corrected chi connectivity index (χ2v) is 4.11. The van der Waals surface area contributed by atoms with E-state index in [0.29, 0.717) is 35.0 Å². The quantitative estimate of drug-likeness (QED) is 0.917. The Morgan fingerprint density at radius 2 is 2.21 bits per heavy atom. The highest BCUT2D eigenvalue weighted by Gasteiger charge is 2.19. The predicted octanol–water partition coefficient (Wildman–Crippen LogP) is 2.21. The molecule has 2 rings (SSSR count). The monoisotopic (exact) mass is 265 g/mol. The molecule has 0 atom stereocenters. The van der Waals surface area contributed by atoms with E-state index in [4.69, 9.17) is 15.0 Å². The third-order valence-corrected chi connectivity index (χ3v) is 3.01. The summed E-state index contributed by atoms with van der Waals surface area (Å²) < 4.78 is 24.2. The fourth-order valence-electron chi connectivity index (χ4n) is 2.05. The summed E-state index contributed by atoms with van der Waals surface area (Å²) in [7, 11) is 1.52. The van der Waals surface area contributed by atoms with Crippen molar-refractivity contribution >= 4 is 0 Å². The largest absolute Gasteiger partial charge is 0.496 e. The third-order valence-electron chi connectivity index (χ3n) is 3.01. The van der Waals surface area contributed by atoms with E-state index >= 15 is 0 Å². The van der Waals surface area contributed by atoms with E-state index in [9.17, 15) is 4.39 Å². The maximum atomic E-state index is 13.9. The van der Waals surface area contributed by atoms with E-state index in [1.807, 2.05) is 6.92 Å². The number of benzene rings is 1. The van der Waals surface area contributed by atoms with Gasteiger partial charge in [-0.05, 0) is 19.4 Å². The van der Waals surface area contributed by atoms with Gasteiger partial charge in [0.25, 0.3) is 0 Å². The first-order valence-corrected chi connectivity index (χ1v) is 6.01. The molecular formula is C13H16FN3O2. The van der Waals surface area contributed by atoms with Crippen molar-refractivity contribution in [3.8, 4) is 17.1 Å². The zero-order valence-electron chi connectivity index (χ0n) is 11.2. The molecule has 0 aliphatic heterocycles. The Bertz CT molecular complexity index is 596. The Balaban J connectivity index is 2.65. The first kappa shape index (κ1) is 13.5. The summed E-state index contributed by atoms with van der Waals surface area (Å²) in [5, 5.41) is 3.82. The lowest BCUT2D eigenvalue weighted by molar-refractivity contribution is 0.380. The molecule has 6 heteroatoms. The Kier molecular flexibility index (Phi) is 3.80. The zero-order chi connectivity index (χ0) is 14.0. The van der Waals surface area contributed by atoms with Crippen molar-refractivity contribution in [2.24, 2.45) is 5.73 Å². The van der Waals surface area contributed by atoms with E-state index in [2.05, 4.69) is 10.1 Å². The van der Waals surface area contributed by atoms with Crippen LogP contribution in [0.3, 0.4) is 0 Å². The van der Waals surface area contributed by atoms with Crippen LogP contribution in [0.5, 0.6) is 5.75 Å². The first-order chi connectivity index (χ1) is 9.12. The van der Waals surface area contributed by atoms with Crippen LogP contribution >= 0.6 is 0 Å². The normalized spacial score (nSPS) is 10.8. The maximum Gasteiger partial charge on any atom is 0.240 e. The van der Waals surface area contributed by atoms with Crippen LogP contribution in [-0.2, 0) is 13.0 Å². The topological polar surface area (TPSA) is 74.2 Å². The van der Waals surface area contributed by atoms with Crippen molar-refractivity contribution in [3.63, 3.8) is 0 Å². The van der Waals surface area contributed by atoms with Crippen molar-refractivity contribution in [2.75, 3.05) is 7.11 Å². The Labute approximate surface area is 110 Å². The molecule has 2 aromatic rings. The molecular weight excluding hydrogens is 249 g/mol. The fourth-order valence-corrected chi connectivity index (χ4v) is 2.05. The van der Waals surface area contributed by atoms with Crippen molar-refractivity contribution in [1.82, 2.24) is 10.1 Å². The highest BCUT2D eigenvalue weighted by Crippen LogP contribution is 2.34. The van der Waals surface area contributed by atoms with Crippen LogP contribution in [0.4, 0.5) is 4.39 Å². The molecule has 0 aliphatic rings. The summed E-state index contributed by atoms with van der Waals surface area (Å²) in [5.41, 5.74) is 7.33. The van der Waals surface area contributed by atoms with E-state index < -0.39 is 0 Å². The van der Waals surface area contributed by atoms with E-state index in [1.165, 1.54) is 13.2 Å². The van der Waals surface area contributed by atoms with Crippen molar-refractivity contribution in [1.29, 1.82) is 0 Å². The standard InChI is InChI=1S/C13H16FN3O2/c1-4-8-9(13-16-11(6-15)19-17-13)5-10(14)7(2)12(8)18-3/h5H,4,6,15H2,1-3H3. The average Bonchev–Trinajstić information content (AvgIpc) is 2.89. The van der Waals surface area contributed by atoms with Crippen LogP contribution in [0.2, 0.25) is 0 Å². The van der Waals surface area contributed by atoms with Gasteiger partial charge in [-0.15, -0.1) is 0 Å². The number of ether oxygens (including phenoxy) is 1. The summed E-state index contributed by atoms with van der Waals surface area (Å²) in [5.74, 6) is 0.811. The smallest absolute Gasteiger partial charge is 0.240 e. The molecule has 1 aromatic carbocycles. The van der Waals surface area contributed by atoms with Gasteiger partial charge in [0.2, 0.25) is 11.7 Å². The van der Waals surface area contributed by atoms with Gasteiger partial charge in [0.05, 0.1) is 13.7 Å². The van der Waals surface area contributed by atoms with Gasteiger partial charge < -0.3 is 15.0 Å². The zero-order valence-corrected chi connectivity index (χ0v) is 11.2. The van der Waals surface area contributed by atoms with Gasteiger partial charge in [-0.1, -0.05) is 12.1 Å². The minimum absolute atomic E-state index is 0.153. The fraction of sp³-hybridized carbons (Fsp3) is 0.385. The number of halogens is 1. The second kappa shape index (κ2) is 5.36. The Hall–Kier alpha value is -1.95. The molecule has 2 N–H and O–H groups in total. The molecule has 0 aliphatic carbocycles. The average molecular weight is 265 g/mol. The summed E-state index contributed by atoms with van der Waals surface area (Å²) in [6.45, 7) is 3.79. The number of nitrogens with two attached hydrogens (primary N) is 1. The van der Waals surface area contributed by atoms with E-state index in [-0.39, 0.29) is 12.4 Å². The lowest BCUT2D eigenvalue weighted by atomic mass is 9.99. The number of rotatable bonds is 4. The molecule has 0 fully saturated rings. The summed E-state index contributed by atoms with van der Waals surface area (Å²) in [6, 6.07) is 1.40. The lowest BCUT2D eigenvalue weighted by Gasteiger charge is -2.14. The molecule has 0 spiro atoms. The van der Waals surface area contributed by atoms with Gasteiger partial charge in [0, 0.05) is 16.7 Å². The molecule has 1 aromatic heterocycles. The Morgan fingerprint density at radius 1 is 1.47 bits per heavy atom. The number of hydrogen-bond acceptors (Lipinski definition) is 5. The van der Waals surface area contributed by atoms with Gasteiger partial charge >= 0.3 is 0 Å². The van der Waals surface area contributed by atoms with Gasteiger partial charge in [-0.25, -0.2) is 4.39 Å².